The van der Waals surface area contributed by atoms with E-state index in [-0.39, 0.29) is 24.0 Å². The van der Waals surface area contributed by atoms with E-state index in [1.54, 1.807) is 43.3 Å². The number of aromatic amines is 1. The van der Waals surface area contributed by atoms with Crippen LogP contribution < -0.4 is 15.8 Å². The molecule has 0 aliphatic rings. The lowest BCUT2D eigenvalue weighted by molar-refractivity contribution is -0.140. The SMILES string of the molecule is Cc1nc2ccc(CN(C)c3ccc(C(=O)N[C@@H](CCC(=O)O)C(=O)O)cc3)cc2c(=O)[nH]1. The Morgan fingerprint density at radius 1 is 1.12 bits per heavy atom. The Morgan fingerprint density at radius 2 is 1.82 bits per heavy atom. The molecule has 3 aromatic rings. The van der Waals surface area contributed by atoms with E-state index >= 15 is 0 Å². The van der Waals surface area contributed by atoms with Gasteiger partial charge in [-0.25, -0.2) is 9.78 Å². The highest BCUT2D eigenvalue weighted by Gasteiger charge is 2.21. The number of aliphatic carboxylic acids is 2. The molecule has 4 N–H and O–H groups in total. The molecule has 10 heteroatoms. The van der Waals surface area contributed by atoms with Crippen LogP contribution in [0.3, 0.4) is 0 Å². The Morgan fingerprint density at radius 3 is 2.45 bits per heavy atom. The van der Waals surface area contributed by atoms with E-state index in [9.17, 15) is 24.3 Å². The van der Waals surface area contributed by atoms with Crippen LogP contribution in [-0.4, -0.2) is 51.1 Å². The van der Waals surface area contributed by atoms with Gasteiger partial charge in [0, 0.05) is 31.3 Å². The van der Waals surface area contributed by atoms with Gasteiger partial charge in [0.1, 0.15) is 11.9 Å². The lowest BCUT2D eigenvalue weighted by atomic mass is 10.1. The Labute approximate surface area is 188 Å². The fourth-order valence-electron chi connectivity index (χ4n) is 3.40. The van der Waals surface area contributed by atoms with E-state index in [0.717, 1.165) is 11.3 Å². The van der Waals surface area contributed by atoms with Gasteiger partial charge in [-0.05, 0) is 55.3 Å². The van der Waals surface area contributed by atoms with E-state index < -0.39 is 23.9 Å². The number of nitrogens with zero attached hydrogens (tertiary/aromatic N) is 2. The summed E-state index contributed by atoms with van der Waals surface area (Å²) in [5.74, 6) is -2.47. The molecule has 1 amide bonds. The number of benzene rings is 2. The molecule has 0 unspecified atom stereocenters. The number of carboxylic acid groups (broad SMARTS) is 2. The molecule has 33 heavy (non-hydrogen) atoms. The summed E-state index contributed by atoms with van der Waals surface area (Å²) in [6, 6.07) is 10.8. The van der Waals surface area contributed by atoms with Gasteiger partial charge in [-0.2, -0.15) is 0 Å². The highest BCUT2D eigenvalue weighted by atomic mass is 16.4. The van der Waals surface area contributed by atoms with Crippen LogP contribution in [0.25, 0.3) is 10.9 Å². The molecule has 3 rings (SSSR count). The third kappa shape index (κ3) is 5.94. The molecule has 0 aliphatic carbocycles. The van der Waals surface area contributed by atoms with Crippen LogP contribution >= 0.6 is 0 Å². The maximum Gasteiger partial charge on any atom is 0.326 e. The number of fused-ring (bicyclic) bond motifs is 1. The first kappa shape index (κ1) is 23.5. The summed E-state index contributed by atoms with van der Waals surface area (Å²) in [4.78, 5) is 55.5. The lowest BCUT2D eigenvalue weighted by Gasteiger charge is -2.20. The summed E-state index contributed by atoms with van der Waals surface area (Å²) in [6.45, 7) is 2.23. The fourth-order valence-corrected chi connectivity index (χ4v) is 3.40. The van der Waals surface area contributed by atoms with Gasteiger partial charge in [0.05, 0.1) is 10.9 Å². The maximum absolute atomic E-state index is 12.4. The lowest BCUT2D eigenvalue weighted by Crippen LogP contribution is -2.41. The van der Waals surface area contributed by atoms with Gasteiger partial charge in [0.2, 0.25) is 0 Å². The number of H-pyrrole nitrogens is 1. The van der Waals surface area contributed by atoms with Crippen LogP contribution in [0.4, 0.5) is 5.69 Å². The van der Waals surface area contributed by atoms with Crippen LogP contribution in [0.5, 0.6) is 0 Å². The summed E-state index contributed by atoms with van der Waals surface area (Å²) in [7, 11) is 1.86. The number of rotatable bonds is 9. The first-order chi connectivity index (χ1) is 15.6. The number of aryl methyl sites for hydroxylation is 1. The Balaban J connectivity index is 1.68. The van der Waals surface area contributed by atoms with Crippen molar-refractivity contribution in [2.24, 2.45) is 0 Å². The summed E-state index contributed by atoms with van der Waals surface area (Å²) in [6.07, 6.45) is -0.571. The minimum atomic E-state index is -1.29. The fraction of sp³-hybridized carbons (Fsp3) is 0.261. The quantitative estimate of drug-likeness (QED) is 0.384. The maximum atomic E-state index is 12.4. The predicted octanol–water partition coefficient (Wildman–Crippen LogP) is 1.92. The van der Waals surface area contributed by atoms with Gasteiger partial charge in [0.15, 0.2) is 0 Å². The molecule has 0 spiro atoms. The summed E-state index contributed by atoms with van der Waals surface area (Å²) in [5, 5.41) is 20.8. The molecule has 0 saturated heterocycles. The Kier molecular flexibility index (Phi) is 7.07. The number of carboxylic acids is 2. The van der Waals surface area contributed by atoms with Crippen LogP contribution in [0.2, 0.25) is 0 Å². The van der Waals surface area contributed by atoms with Crippen LogP contribution in [0, 0.1) is 6.92 Å². The van der Waals surface area contributed by atoms with Crippen molar-refractivity contribution < 1.29 is 24.6 Å². The van der Waals surface area contributed by atoms with Crippen molar-refractivity contribution in [2.75, 3.05) is 11.9 Å². The Bertz CT molecular complexity index is 1250. The van der Waals surface area contributed by atoms with Gasteiger partial charge in [-0.1, -0.05) is 6.07 Å². The molecule has 0 fully saturated rings. The minimum Gasteiger partial charge on any atom is -0.481 e. The molecular formula is C23H24N4O6. The number of amides is 1. The number of carbonyl (C=O) groups excluding carboxylic acids is 1. The molecular weight excluding hydrogens is 428 g/mol. The van der Waals surface area contributed by atoms with Crippen LogP contribution in [0.1, 0.15) is 34.6 Å². The summed E-state index contributed by atoms with van der Waals surface area (Å²) < 4.78 is 0. The zero-order chi connectivity index (χ0) is 24.1. The van der Waals surface area contributed by atoms with E-state index in [1.165, 1.54) is 0 Å². The third-order valence-electron chi connectivity index (χ3n) is 5.13. The van der Waals surface area contributed by atoms with Crippen molar-refractivity contribution >= 4 is 34.4 Å². The zero-order valence-electron chi connectivity index (χ0n) is 18.2. The molecule has 2 aromatic carbocycles. The number of hydrogen-bond donors (Lipinski definition) is 4. The van der Waals surface area contributed by atoms with Gasteiger partial charge in [-0.15, -0.1) is 0 Å². The largest absolute Gasteiger partial charge is 0.481 e. The van der Waals surface area contributed by atoms with Crippen molar-refractivity contribution in [3.05, 3.63) is 69.8 Å². The van der Waals surface area contributed by atoms with Gasteiger partial charge in [-0.3, -0.25) is 14.4 Å². The highest BCUT2D eigenvalue weighted by molar-refractivity contribution is 5.97. The molecule has 172 valence electrons. The van der Waals surface area contributed by atoms with Crippen molar-refractivity contribution in [1.82, 2.24) is 15.3 Å². The Hall–Kier alpha value is -4.21. The molecule has 0 bridgehead atoms. The van der Waals surface area contributed by atoms with Crippen molar-refractivity contribution in [3.8, 4) is 0 Å². The summed E-state index contributed by atoms with van der Waals surface area (Å²) in [5.41, 5.74) is 2.41. The summed E-state index contributed by atoms with van der Waals surface area (Å²) >= 11 is 0. The van der Waals surface area contributed by atoms with E-state index in [1.807, 2.05) is 18.0 Å². The molecule has 1 atom stereocenters. The molecule has 0 saturated carbocycles. The molecule has 10 nitrogen and oxygen atoms in total. The van der Waals surface area contributed by atoms with Crippen molar-refractivity contribution in [3.63, 3.8) is 0 Å². The first-order valence-corrected chi connectivity index (χ1v) is 10.2. The average molecular weight is 452 g/mol. The molecule has 1 heterocycles. The minimum absolute atomic E-state index is 0.194. The van der Waals surface area contributed by atoms with Crippen LogP contribution in [-0.2, 0) is 16.1 Å². The van der Waals surface area contributed by atoms with Crippen molar-refractivity contribution in [2.45, 2.75) is 32.4 Å². The second kappa shape index (κ2) is 9.94. The number of hydrogen-bond acceptors (Lipinski definition) is 6. The standard InChI is InChI=1S/C23H24N4O6/c1-13-24-18-8-3-14(11-17(18)22(31)25-13)12-27(2)16-6-4-15(5-7-16)21(30)26-19(23(32)33)9-10-20(28)29/h3-8,11,19H,9-10,12H2,1-2H3,(H,26,30)(H,28,29)(H,32,33)(H,24,25,31)/t19-/m0/s1. The zero-order valence-corrected chi connectivity index (χ0v) is 18.2. The van der Waals surface area contributed by atoms with Gasteiger partial charge < -0.3 is 25.4 Å². The number of carbonyl (C=O) groups is 3. The number of aromatic nitrogens is 2. The van der Waals surface area contributed by atoms with E-state index in [4.69, 9.17) is 5.11 Å². The molecule has 1 aromatic heterocycles. The average Bonchev–Trinajstić information content (AvgIpc) is 2.76. The van der Waals surface area contributed by atoms with Crippen molar-refractivity contribution in [1.29, 1.82) is 0 Å². The second-order valence-electron chi connectivity index (χ2n) is 7.70. The first-order valence-electron chi connectivity index (χ1n) is 10.2. The number of nitrogens with one attached hydrogen (secondary N) is 2. The van der Waals surface area contributed by atoms with Gasteiger partial charge in [0.25, 0.3) is 11.5 Å². The third-order valence-corrected chi connectivity index (χ3v) is 5.13. The highest BCUT2D eigenvalue weighted by Crippen LogP contribution is 2.18. The van der Waals surface area contributed by atoms with Gasteiger partial charge >= 0.3 is 11.9 Å². The normalized spacial score (nSPS) is 11.7. The van der Waals surface area contributed by atoms with E-state index in [2.05, 4.69) is 15.3 Å². The molecule has 0 aliphatic heterocycles. The molecule has 0 radical (unpaired) electrons. The monoisotopic (exact) mass is 452 g/mol. The topological polar surface area (TPSA) is 153 Å². The van der Waals surface area contributed by atoms with E-state index in [0.29, 0.717) is 23.3 Å². The smallest absolute Gasteiger partial charge is 0.326 e. The predicted molar refractivity (Wildman–Crippen MR) is 121 cm³/mol. The number of anilines is 1. The van der Waals surface area contributed by atoms with Crippen LogP contribution in [0.15, 0.2) is 47.3 Å². The second-order valence-corrected chi connectivity index (χ2v) is 7.70.